The standard InChI is InChI=1S/C12H18O.CH2O/c1-3-5-10-13-12-8-6-11(4-2)7-9-12;1-2/h6-9H,3-5,10H2,1-2H3;1H2. The van der Waals surface area contributed by atoms with E-state index in [4.69, 9.17) is 9.53 Å². The molecular weight excluding hydrogens is 188 g/mol. The molecule has 2 heteroatoms. The zero-order valence-electron chi connectivity index (χ0n) is 9.66. The third-order valence-electron chi connectivity index (χ3n) is 2.10. The smallest absolute Gasteiger partial charge is 0.119 e. The Balaban J connectivity index is 0.000000921. The molecule has 0 aromatic heterocycles. The Bertz CT molecular complexity index is 241. The zero-order valence-corrected chi connectivity index (χ0v) is 9.66. The van der Waals surface area contributed by atoms with Crippen LogP contribution in [0.5, 0.6) is 5.75 Å². The van der Waals surface area contributed by atoms with Gasteiger partial charge in [0.25, 0.3) is 0 Å². The van der Waals surface area contributed by atoms with Crippen molar-refractivity contribution in [1.29, 1.82) is 0 Å². The molecule has 0 heterocycles. The molecule has 1 aromatic carbocycles. The van der Waals surface area contributed by atoms with Crippen molar-refractivity contribution in [3.63, 3.8) is 0 Å². The zero-order chi connectivity index (χ0) is 11.5. The monoisotopic (exact) mass is 208 g/mol. The SMILES string of the molecule is C=O.CCCCOc1ccc(CC)cc1. The van der Waals surface area contributed by atoms with Gasteiger partial charge in [-0.15, -0.1) is 0 Å². The van der Waals surface area contributed by atoms with Crippen molar-refractivity contribution in [3.05, 3.63) is 29.8 Å². The topological polar surface area (TPSA) is 26.3 Å². The molecule has 1 rings (SSSR count). The Morgan fingerprint density at radius 1 is 1.13 bits per heavy atom. The van der Waals surface area contributed by atoms with Crippen LogP contribution in [-0.4, -0.2) is 13.4 Å². The molecule has 1 aromatic rings. The number of rotatable bonds is 5. The summed E-state index contributed by atoms with van der Waals surface area (Å²) in [6, 6.07) is 8.35. The van der Waals surface area contributed by atoms with Gasteiger partial charge in [0.05, 0.1) is 6.61 Å². The van der Waals surface area contributed by atoms with Crippen LogP contribution in [0.15, 0.2) is 24.3 Å². The van der Waals surface area contributed by atoms with Gasteiger partial charge in [-0.1, -0.05) is 32.4 Å². The average Bonchev–Trinajstić information content (AvgIpc) is 2.33. The molecule has 0 spiro atoms. The minimum atomic E-state index is 0.835. The fourth-order valence-corrected chi connectivity index (χ4v) is 1.16. The molecule has 0 bridgehead atoms. The molecule has 0 unspecified atom stereocenters. The van der Waals surface area contributed by atoms with Gasteiger partial charge in [-0.3, -0.25) is 0 Å². The molecule has 0 atom stereocenters. The summed E-state index contributed by atoms with van der Waals surface area (Å²) in [5.74, 6) is 0.991. The molecule has 0 aliphatic rings. The number of hydrogen-bond acceptors (Lipinski definition) is 2. The van der Waals surface area contributed by atoms with Crippen LogP contribution >= 0.6 is 0 Å². The van der Waals surface area contributed by atoms with Crippen molar-refractivity contribution in [3.8, 4) is 5.75 Å². The van der Waals surface area contributed by atoms with Crippen molar-refractivity contribution in [2.75, 3.05) is 6.61 Å². The van der Waals surface area contributed by atoms with Crippen LogP contribution in [-0.2, 0) is 11.2 Å². The summed E-state index contributed by atoms with van der Waals surface area (Å²) in [6.45, 7) is 7.17. The highest BCUT2D eigenvalue weighted by atomic mass is 16.5. The molecular formula is C13H20O2. The highest BCUT2D eigenvalue weighted by Gasteiger charge is 1.92. The number of unbranched alkanes of at least 4 members (excludes halogenated alkanes) is 1. The second-order valence-corrected chi connectivity index (χ2v) is 3.20. The number of hydrogen-bond donors (Lipinski definition) is 0. The van der Waals surface area contributed by atoms with E-state index in [1.54, 1.807) is 0 Å². The van der Waals surface area contributed by atoms with E-state index in [2.05, 4.69) is 38.1 Å². The minimum Gasteiger partial charge on any atom is -0.494 e. The molecule has 0 N–H and O–H groups in total. The highest BCUT2D eigenvalue weighted by molar-refractivity contribution is 5.27. The lowest BCUT2D eigenvalue weighted by atomic mass is 10.2. The van der Waals surface area contributed by atoms with Crippen molar-refractivity contribution in [1.82, 2.24) is 0 Å². The Morgan fingerprint density at radius 2 is 1.73 bits per heavy atom. The summed E-state index contributed by atoms with van der Waals surface area (Å²) in [7, 11) is 0. The molecule has 0 fully saturated rings. The molecule has 0 aliphatic heterocycles. The van der Waals surface area contributed by atoms with Crippen molar-refractivity contribution >= 4 is 6.79 Å². The van der Waals surface area contributed by atoms with Crippen molar-refractivity contribution in [2.24, 2.45) is 0 Å². The maximum Gasteiger partial charge on any atom is 0.119 e. The van der Waals surface area contributed by atoms with E-state index in [0.717, 1.165) is 25.2 Å². The normalized spacial score (nSPS) is 8.93. The van der Waals surface area contributed by atoms with Gasteiger partial charge in [0.1, 0.15) is 12.5 Å². The number of ether oxygens (including phenoxy) is 1. The molecule has 0 saturated carbocycles. The summed E-state index contributed by atoms with van der Waals surface area (Å²) in [5.41, 5.74) is 1.36. The van der Waals surface area contributed by atoms with Gasteiger partial charge < -0.3 is 9.53 Å². The molecule has 2 nitrogen and oxygen atoms in total. The van der Waals surface area contributed by atoms with E-state index in [9.17, 15) is 0 Å². The van der Waals surface area contributed by atoms with Crippen LogP contribution in [0.25, 0.3) is 0 Å². The summed E-state index contributed by atoms with van der Waals surface area (Å²) in [6.07, 6.45) is 3.41. The Labute approximate surface area is 92.3 Å². The summed E-state index contributed by atoms with van der Waals surface area (Å²) in [5, 5.41) is 0. The van der Waals surface area contributed by atoms with Gasteiger partial charge in [0.15, 0.2) is 0 Å². The number of aryl methyl sites for hydroxylation is 1. The van der Waals surface area contributed by atoms with Crippen LogP contribution in [0, 0.1) is 0 Å². The predicted molar refractivity (Wildman–Crippen MR) is 63.3 cm³/mol. The van der Waals surface area contributed by atoms with Gasteiger partial charge in [-0.05, 0) is 30.5 Å². The molecule has 0 radical (unpaired) electrons. The summed E-state index contributed by atoms with van der Waals surface area (Å²) < 4.78 is 5.55. The third-order valence-corrected chi connectivity index (χ3v) is 2.10. The second kappa shape index (κ2) is 9.25. The first-order chi connectivity index (χ1) is 7.36. The molecule has 84 valence electrons. The summed E-state index contributed by atoms with van der Waals surface area (Å²) >= 11 is 0. The lowest BCUT2D eigenvalue weighted by Crippen LogP contribution is -1.96. The first kappa shape index (κ1) is 13.7. The molecule has 0 saturated heterocycles. The van der Waals surface area contributed by atoms with Crippen LogP contribution < -0.4 is 4.74 Å². The maximum atomic E-state index is 8.00. The Hall–Kier alpha value is -1.31. The van der Waals surface area contributed by atoms with Crippen molar-refractivity contribution < 1.29 is 9.53 Å². The van der Waals surface area contributed by atoms with E-state index in [1.807, 2.05) is 6.79 Å². The van der Waals surface area contributed by atoms with Gasteiger partial charge in [-0.25, -0.2) is 0 Å². The van der Waals surface area contributed by atoms with E-state index in [0.29, 0.717) is 0 Å². The van der Waals surface area contributed by atoms with E-state index in [-0.39, 0.29) is 0 Å². The third kappa shape index (κ3) is 5.89. The average molecular weight is 208 g/mol. The number of carbonyl (C=O) groups excluding carboxylic acids is 1. The van der Waals surface area contributed by atoms with Crippen molar-refractivity contribution in [2.45, 2.75) is 33.1 Å². The number of benzene rings is 1. The lowest BCUT2D eigenvalue weighted by Gasteiger charge is -2.05. The van der Waals surface area contributed by atoms with Crippen LogP contribution in [0.3, 0.4) is 0 Å². The second-order valence-electron chi connectivity index (χ2n) is 3.20. The van der Waals surface area contributed by atoms with Gasteiger partial charge >= 0.3 is 0 Å². The van der Waals surface area contributed by atoms with Gasteiger partial charge in [-0.2, -0.15) is 0 Å². The van der Waals surface area contributed by atoms with E-state index >= 15 is 0 Å². The van der Waals surface area contributed by atoms with Crippen LogP contribution in [0.1, 0.15) is 32.3 Å². The Kier molecular flexibility index (Phi) is 8.44. The van der Waals surface area contributed by atoms with E-state index < -0.39 is 0 Å². The molecule has 0 amide bonds. The largest absolute Gasteiger partial charge is 0.494 e. The lowest BCUT2D eigenvalue weighted by molar-refractivity contribution is -0.0979. The summed E-state index contributed by atoms with van der Waals surface area (Å²) in [4.78, 5) is 8.00. The fourth-order valence-electron chi connectivity index (χ4n) is 1.16. The fraction of sp³-hybridized carbons (Fsp3) is 0.462. The van der Waals surface area contributed by atoms with Crippen LogP contribution in [0.4, 0.5) is 0 Å². The Morgan fingerprint density at radius 3 is 2.20 bits per heavy atom. The highest BCUT2D eigenvalue weighted by Crippen LogP contribution is 2.12. The first-order valence-corrected chi connectivity index (χ1v) is 5.37. The first-order valence-electron chi connectivity index (χ1n) is 5.37. The quantitative estimate of drug-likeness (QED) is 0.694. The van der Waals surface area contributed by atoms with E-state index in [1.165, 1.54) is 12.0 Å². The van der Waals surface area contributed by atoms with Gasteiger partial charge in [0, 0.05) is 0 Å². The molecule has 0 aliphatic carbocycles. The molecule has 15 heavy (non-hydrogen) atoms. The van der Waals surface area contributed by atoms with Crippen LogP contribution in [0.2, 0.25) is 0 Å². The minimum absolute atomic E-state index is 0.835. The van der Waals surface area contributed by atoms with Gasteiger partial charge in [0.2, 0.25) is 0 Å². The number of carbonyl (C=O) groups is 1. The maximum absolute atomic E-state index is 8.00. The predicted octanol–water partition coefficient (Wildman–Crippen LogP) is 3.24.